The van der Waals surface area contributed by atoms with Gasteiger partial charge in [-0.05, 0) is 36.4 Å². The lowest BCUT2D eigenvalue weighted by molar-refractivity contribution is 0.0663. The predicted molar refractivity (Wildman–Crippen MR) is 103 cm³/mol. The number of nitrogens with zero attached hydrogens (tertiary/aromatic N) is 2. The maximum absolute atomic E-state index is 10.2. The lowest BCUT2D eigenvalue weighted by atomic mass is 10.2. The van der Waals surface area contributed by atoms with E-state index >= 15 is 0 Å². The number of ether oxygens (including phenoxy) is 1. The quantitative estimate of drug-likeness (QED) is 0.830. The molecule has 0 bridgehead atoms. The maximum atomic E-state index is 10.2. The fraction of sp³-hybridized carbons (Fsp3) is 0.368. The Hall–Kier alpha value is -1.46. The number of hydrogen-bond acceptors (Lipinski definition) is 4. The van der Waals surface area contributed by atoms with Gasteiger partial charge in [0.15, 0.2) is 0 Å². The number of benzene rings is 2. The number of piperazine rings is 1. The molecule has 4 nitrogen and oxygen atoms in total. The summed E-state index contributed by atoms with van der Waals surface area (Å²) in [6, 6.07) is 15.2. The second-order valence-electron chi connectivity index (χ2n) is 6.16. The number of rotatable bonds is 6. The van der Waals surface area contributed by atoms with E-state index in [9.17, 15) is 5.11 Å². The summed E-state index contributed by atoms with van der Waals surface area (Å²) in [7, 11) is 0. The highest BCUT2D eigenvalue weighted by Crippen LogP contribution is 2.23. The molecule has 1 heterocycles. The topological polar surface area (TPSA) is 35.9 Å². The van der Waals surface area contributed by atoms with Crippen LogP contribution < -0.4 is 9.64 Å². The zero-order valence-corrected chi connectivity index (χ0v) is 15.5. The molecule has 1 atom stereocenters. The Labute approximate surface area is 158 Å². The van der Waals surface area contributed by atoms with Crippen LogP contribution in [0.5, 0.6) is 5.75 Å². The summed E-state index contributed by atoms with van der Waals surface area (Å²) < 4.78 is 5.61. The van der Waals surface area contributed by atoms with Gasteiger partial charge in [-0.2, -0.15) is 0 Å². The fourth-order valence-electron chi connectivity index (χ4n) is 2.94. The number of aliphatic hydroxyl groups is 1. The molecule has 2 aromatic carbocycles. The first-order valence-electron chi connectivity index (χ1n) is 8.40. The normalized spacial score (nSPS) is 16.7. The molecule has 2 aromatic rings. The third-order valence-electron chi connectivity index (χ3n) is 4.30. The average molecular weight is 381 g/mol. The van der Waals surface area contributed by atoms with E-state index in [-0.39, 0.29) is 6.61 Å². The molecule has 0 aromatic heterocycles. The van der Waals surface area contributed by atoms with E-state index in [1.807, 2.05) is 36.4 Å². The molecule has 6 heteroatoms. The summed E-state index contributed by atoms with van der Waals surface area (Å²) in [4.78, 5) is 4.59. The Morgan fingerprint density at radius 1 is 0.960 bits per heavy atom. The van der Waals surface area contributed by atoms with Crippen LogP contribution in [0.25, 0.3) is 0 Å². The van der Waals surface area contributed by atoms with E-state index in [1.54, 1.807) is 12.1 Å². The second-order valence-corrected chi connectivity index (χ2v) is 7.00. The SMILES string of the molecule is OC(COc1ccccc1Cl)CN1CCN(c2ccc(Cl)cc2)CC1. The van der Waals surface area contributed by atoms with Crippen molar-refractivity contribution in [1.82, 2.24) is 4.90 Å². The molecule has 134 valence electrons. The fourth-order valence-corrected chi connectivity index (χ4v) is 3.26. The monoisotopic (exact) mass is 380 g/mol. The Morgan fingerprint density at radius 3 is 2.32 bits per heavy atom. The molecule has 1 aliphatic rings. The minimum Gasteiger partial charge on any atom is -0.489 e. The van der Waals surface area contributed by atoms with Crippen molar-refractivity contribution in [3.8, 4) is 5.75 Å². The van der Waals surface area contributed by atoms with Crippen molar-refractivity contribution in [2.75, 3.05) is 44.2 Å². The molecule has 0 amide bonds. The third-order valence-corrected chi connectivity index (χ3v) is 4.87. The first-order valence-corrected chi connectivity index (χ1v) is 9.15. The summed E-state index contributed by atoms with van der Waals surface area (Å²) >= 11 is 12.0. The molecule has 1 fully saturated rings. The van der Waals surface area contributed by atoms with Crippen molar-refractivity contribution in [3.63, 3.8) is 0 Å². The number of para-hydroxylation sites is 1. The highest BCUT2D eigenvalue weighted by atomic mass is 35.5. The van der Waals surface area contributed by atoms with Gasteiger partial charge in [-0.15, -0.1) is 0 Å². The lowest BCUT2D eigenvalue weighted by Crippen LogP contribution is -2.49. The summed E-state index contributed by atoms with van der Waals surface area (Å²) in [5, 5.41) is 11.5. The van der Waals surface area contributed by atoms with E-state index in [0.29, 0.717) is 17.3 Å². The molecular formula is C19H22Cl2N2O2. The van der Waals surface area contributed by atoms with Crippen LogP contribution in [0.2, 0.25) is 10.0 Å². The van der Waals surface area contributed by atoms with Crippen molar-refractivity contribution in [1.29, 1.82) is 0 Å². The molecule has 1 aliphatic heterocycles. The average Bonchev–Trinajstić information content (AvgIpc) is 2.62. The number of aliphatic hydroxyl groups excluding tert-OH is 1. The van der Waals surface area contributed by atoms with Crippen molar-refractivity contribution in [2.24, 2.45) is 0 Å². The number of anilines is 1. The van der Waals surface area contributed by atoms with Gasteiger partial charge in [0.1, 0.15) is 18.5 Å². The molecule has 0 saturated carbocycles. The third kappa shape index (κ3) is 5.25. The van der Waals surface area contributed by atoms with Crippen LogP contribution in [0, 0.1) is 0 Å². The minimum absolute atomic E-state index is 0.237. The number of hydrogen-bond donors (Lipinski definition) is 1. The number of β-amino-alcohol motifs (C(OH)–C–C–N with tert-alkyl or cyclic N) is 1. The zero-order valence-electron chi connectivity index (χ0n) is 13.9. The molecule has 0 aliphatic carbocycles. The van der Waals surface area contributed by atoms with E-state index in [4.69, 9.17) is 27.9 Å². The first-order chi connectivity index (χ1) is 12.1. The highest BCUT2D eigenvalue weighted by molar-refractivity contribution is 6.32. The van der Waals surface area contributed by atoms with E-state index in [0.717, 1.165) is 31.2 Å². The van der Waals surface area contributed by atoms with Crippen LogP contribution in [0.1, 0.15) is 0 Å². The van der Waals surface area contributed by atoms with Crippen LogP contribution in [0.3, 0.4) is 0 Å². The van der Waals surface area contributed by atoms with Crippen LogP contribution in [-0.4, -0.2) is 55.4 Å². The second kappa shape index (κ2) is 8.77. The van der Waals surface area contributed by atoms with Crippen LogP contribution in [0.4, 0.5) is 5.69 Å². The van der Waals surface area contributed by atoms with Crippen molar-refractivity contribution >= 4 is 28.9 Å². The molecule has 1 saturated heterocycles. The largest absolute Gasteiger partial charge is 0.489 e. The predicted octanol–water partition coefficient (Wildman–Crippen LogP) is 3.56. The van der Waals surface area contributed by atoms with Gasteiger partial charge in [-0.25, -0.2) is 0 Å². The molecule has 0 radical (unpaired) electrons. The van der Waals surface area contributed by atoms with Gasteiger partial charge in [0.05, 0.1) is 5.02 Å². The van der Waals surface area contributed by atoms with Crippen LogP contribution >= 0.6 is 23.2 Å². The molecule has 1 N–H and O–H groups in total. The van der Waals surface area contributed by atoms with Gasteiger partial charge in [-0.1, -0.05) is 35.3 Å². The minimum atomic E-state index is -0.543. The molecule has 0 spiro atoms. The molecular weight excluding hydrogens is 359 g/mol. The molecule has 25 heavy (non-hydrogen) atoms. The van der Waals surface area contributed by atoms with Gasteiger partial charge in [-0.3, -0.25) is 4.90 Å². The van der Waals surface area contributed by atoms with Gasteiger partial charge in [0.2, 0.25) is 0 Å². The number of halogens is 2. The summed E-state index contributed by atoms with van der Waals surface area (Å²) in [5.41, 5.74) is 1.19. The van der Waals surface area contributed by atoms with E-state index in [2.05, 4.69) is 9.80 Å². The molecule has 3 rings (SSSR count). The van der Waals surface area contributed by atoms with Crippen LogP contribution in [-0.2, 0) is 0 Å². The smallest absolute Gasteiger partial charge is 0.138 e. The summed E-state index contributed by atoms with van der Waals surface area (Å²) in [5.74, 6) is 0.607. The summed E-state index contributed by atoms with van der Waals surface area (Å²) in [6.45, 7) is 4.51. The zero-order chi connectivity index (χ0) is 17.6. The Bertz CT molecular complexity index is 673. The standard InChI is InChI=1S/C19H22Cl2N2O2/c20-15-5-7-16(8-6-15)23-11-9-22(10-12-23)13-17(24)14-25-19-4-2-1-3-18(19)21/h1-8,17,24H,9-14H2. The van der Waals surface area contributed by atoms with Crippen molar-refractivity contribution < 1.29 is 9.84 Å². The first kappa shape index (κ1) is 18.3. The Kier molecular flexibility index (Phi) is 6.43. The highest BCUT2D eigenvalue weighted by Gasteiger charge is 2.20. The van der Waals surface area contributed by atoms with Crippen LogP contribution in [0.15, 0.2) is 48.5 Å². The maximum Gasteiger partial charge on any atom is 0.138 e. The summed E-state index contributed by atoms with van der Waals surface area (Å²) in [6.07, 6.45) is -0.543. The van der Waals surface area contributed by atoms with Gasteiger partial charge in [0.25, 0.3) is 0 Å². The Balaban J connectivity index is 1.42. The van der Waals surface area contributed by atoms with Crippen molar-refractivity contribution in [3.05, 3.63) is 58.6 Å². The van der Waals surface area contributed by atoms with E-state index in [1.165, 1.54) is 5.69 Å². The lowest BCUT2D eigenvalue weighted by Gasteiger charge is -2.36. The van der Waals surface area contributed by atoms with E-state index < -0.39 is 6.10 Å². The van der Waals surface area contributed by atoms with Gasteiger partial charge >= 0.3 is 0 Å². The van der Waals surface area contributed by atoms with Gasteiger partial charge < -0.3 is 14.7 Å². The van der Waals surface area contributed by atoms with Crippen molar-refractivity contribution in [2.45, 2.75) is 6.10 Å². The van der Waals surface area contributed by atoms with Gasteiger partial charge in [0, 0.05) is 43.4 Å². The molecule has 1 unspecified atom stereocenters. The Morgan fingerprint density at radius 2 is 1.64 bits per heavy atom.